The number of nitrogens with one attached hydrogen (secondary N) is 1. The largest absolute Gasteiger partial charge is 0.463 e. The van der Waals surface area contributed by atoms with Gasteiger partial charge in [0.2, 0.25) is 5.95 Å². The molecule has 1 aromatic heterocycles. The first kappa shape index (κ1) is 27.1. The van der Waals surface area contributed by atoms with Crippen molar-refractivity contribution in [3.63, 3.8) is 0 Å². The van der Waals surface area contributed by atoms with E-state index in [0.29, 0.717) is 23.6 Å². The molecule has 0 amide bonds. The van der Waals surface area contributed by atoms with Crippen LogP contribution >= 0.6 is 10.5 Å². The fraction of sp³-hybridized carbons (Fsp3) is 0.345. The van der Waals surface area contributed by atoms with Crippen molar-refractivity contribution in [2.75, 3.05) is 49.3 Å². The number of esters is 1. The number of nitrogens with zero attached hydrogens (tertiary/aromatic N) is 4. The van der Waals surface area contributed by atoms with E-state index in [0.717, 1.165) is 54.4 Å². The van der Waals surface area contributed by atoms with Crippen LogP contribution in [-0.4, -0.2) is 64.7 Å². The molecule has 2 unspecified atom stereocenters. The zero-order valence-corrected chi connectivity index (χ0v) is 23.5. The summed E-state index contributed by atoms with van der Waals surface area (Å²) in [6.07, 6.45) is 7.22. The first-order valence-electron chi connectivity index (χ1n) is 13.1. The van der Waals surface area contributed by atoms with Gasteiger partial charge >= 0.3 is 5.97 Å². The predicted octanol–water partition coefficient (Wildman–Crippen LogP) is 5.67. The third-order valence-electron chi connectivity index (χ3n) is 7.04. The van der Waals surface area contributed by atoms with Crippen LogP contribution in [0.4, 0.5) is 21.8 Å². The molecule has 3 heterocycles. The van der Waals surface area contributed by atoms with Crippen molar-refractivity contribution in [1.82, 2.24) is 14.3 Å². The van der Waals surface area contributed by atoms with Crippen LogP contribution in [0, 0.1) is 12.7 Å². The van der Waals surface area contributed by atoms with Gasteiger partial charge in [0.15, 0.2) is 0 Å². The van der Waals surface area contributed by atoms with Gasteiger partial charge in [0.1, 0.15) is 17.1 Å². The molecule has 1 N–H and O–H groups in total. The van der Waals surface area contributed by atoms with E-state index < -0.39 is 10.5 Å². The number of halogens is 1. The Balaban J connectivity index is 1.45. The fourth-order valence-electron chi connectivity index (χ4n) is 4.68. The van der Waals surface area contributed by atoms with Crippen LogP contribution in [0.15, 0.2) is 54.7 Å². The van der Waals surface area contributed by atoms with Gasteiger partial charge in [-0.25, -0.2) is 18.5 Å². The number of anilines is 3. The van der Waals surface area contributed by atoms with Gasteiger partial charge in [0, 0.05) is 56.0 Å². The number of hydrogen-bond donors (Lipinski definition) is 1. The van der Waals surface area contributed by atoms with Crippen LogP contribution in [0.2, 0.25) is 0 Å². The van der Waals surface area contributed by atoms with Gasteiger partial charge in [-0.2, -0.15) is 4.98 Å². The van der Waals surface area contributed by atoms with Crippen molar-refractivity contribution in [2.24, 2.45) is 0 Å². The number of hydrogen-bond acceptors (Lipinski definition) is 8. The van der Waals surface area contributed by atoms with E-state index in [4.69, 9.17) is 13.9 Å². The van der Waals surface area contributed by atoms with Crippen molar-refractivity contribution in [3.05, 3.63) is 71.7 Å². The molecule has 206 valence electrons. The van der Waals surface area contributed by atoms with E-state index in [-0.39, 0.29) is 11.8 Å². The van der Waals surface area contributed by atoms with Gasteiger partial charge < -0.3 is 19.1 Å². The molecular weight excluding hydrogens is 517 g/mol. The highest BCUT2D eigenvalue weighted by molar-refractivity contribution is 8.32. The number of piperazine rings is 1. The molecule has 5 rings (SSSR count). The van der Waals surface area contributed by atoms with Crippen LogP contribution in [0.5, 0.6) is 0 Å². The highest BCUT2D eigenvalue weighted by Crippen LogP contribution is 2.69. The molecule has 2 aliphatic rings. The van der Waals surface area contributed by atoms with E-state index in [9.17, 15) is 9.18 Å². The van der Waals surface area contributed by atoms with E-state index in [2.05, 4.69) is 32.7 Å². The first-order valence-corrected chi connectivity index (χ1v) is 15.1. The number of aryl methyl sites for hydroxylation is 1. The maximum Gasteiger partial charge on any atom is 0.330 e. The maximum atomic E-state index is 13.8. The Bertz CT molecular complexity index is 1400. The lowest BCUT2D eigenvalue weighted by Gasteiger charge is -2.39. The maximum absolute atomic E-state index is 13.8. The second-order valence-electron chi connectivity index (χ2n) is 9.67. The highest BCUT2D eigenvalue weighted by Gasteiger charge is 2.49. The average molecular weight is 552 g/mol. The lowest BCUT2D eigenvalue weighted by molar-refractivity contribution is -0.137. The van der Waals surface area contributed by atoms with Crippen LogP contribution in [0.3, 0.4) is 0 Å². The van der Waals surface area contributed by atoms with Gasteiger partial charge in [-0.05, 0) is 67.8 Å². The SMILES string of the molecule is CCOC(=O)/C=C/c1cccc(-c2cnc(Nc3ccc(F)c(C)c3)nc2N2CCN(S3(C)OC3C)CC2)c1. The van der Waals surface area contributed by atoms with Crippen LogP contribution in [0.1, 0.15) is 25.0 Å². The molecule has 0 saturated carbocycles. The van der Waals surface area contributed by atoms with Crippen molar-refractivity contribution in [2.45, 2.75) is 26.2 Å². The number of benzene rings is 2. The van der Waals surface area contributed by atoms with Crippen molar-refractivity contribution >= 4 is 40.0 Å². The molecule has 10 heteroatoms. The van der Waals surface area contributed by atoms with Gasteiger partial charge in [-0.1, -0.05) is 28.7 Å². The van der Waals surface area contributed by atoms with Crippen LogP contribution in [-0.2, 0) is 13.7 Å². The number of rotatable bonds is 8. The molecule has 2 aliphatic heterocycles. The minimum absolute atomic E-state index is 0.253. The van der Waals surface area contributed by atoms with E-state index in [1.165, 1.54) is 12.1 Å². The van der Waals surface area contributed by atoms with Crippen LogP contribution in [0.25, 0.3) is 17.2 Å². The predicted molar refractivity (Wildman–Crippen MR) is 155 cm³/mol. The quantitative estimate of drug-likeness (QED) is 0.218. The molecule has 39 heavy (non-hydrogen) atoms. The van der Waals surface area contributed by atoms with Gasteiger partial charge in [0.25, 0.3) is 0 Å². The first-order chi connectivity index (χ1) is 18.8. The molecule has 2 aromatic carbocycles. The summed E-state index contributed by atoms with van der Waals surface area (Å²) in [5.74, 6) is 0.637. The minimum atomic E-state index is -1.12. The number of carbonyl (C=O) groups is 1. The standard InChI is InChI=1S/C29H34FN5O3S/c1-5-37-27(36)12-9-22-7-6-8-23(18-22)25-19-31-29(32-24-10-11-26(30)20(2)17-24)33-28(25)34-13-15-35(16-14-34)39(4)21(3)38-39/h6-12,17-19,21H,5,13-16H2,1-4H3,(H,31,32,33)/b12-9+. The monoisotopic (exact) mass is 551 g/mol. The average Bonchev–Trinajstić information content (AvgIpc) is 3.57. The smallest absolute Gasteiger partial charge is 0.330 e. The summed E-state index contributed by atoms with van der Waals surface area (Å²) < 4.78 is 27.2. The Morgan fingerprint density at radius 2 is 2.00 bits per heavy atom. The molecular formula is C29H34FN5O3S. The fourth-order valence-corrected chi connectivity index (χ4v) is 6.95. The second-order valence-corrected chi connectivity index (χ2v) is 12.8. The third-order valence-corrected chi connectivity index (χ3v) is 10.2. The highest BCUT2D eigenvalue weighted by atomic mass is 32.3. The molecule has 0 spiro atoms. The topological polar surface area (TPSA) is 83.1 Å². The lowest BCUT2D eigenvalue weighted by atomic mass is 10.0. The second kappa shape index (κ2) is 11.3. The van der Waals surface area contributed by atoms with Crippen LogP contribution < -0.4 is 10.2 Å². The Morgan fingerprint density at radius 1 is 1.23 bits per heavy atom. The summed E-state index contributed by atoms with van der Waals surface area (Å²) in [6, 6.07) is 12.8. The third kappa shape index (κ3) is 6.08. The molecule has 2 saturated heterocycles. The normalized spacial score (nSPS) is 22.9. The zero-order chi connectivity index (χ0) is 27.6. The lowest BCUT2D eigenvalue weighted by Crippen LogP contribution is -2.46. The molecule has 0 bridgehead atoms. The molecule has 0 aliphatic carbocycles. The summed E-state index contributed by atoms with van der Waals surface area (Å²) in [4.78, 5) is 23.6. The summed E-state index contributed by atoms with van der Waals surface area (Å²) in [5, 5.41) is 3.23. The van der Waals surface area contributed by atoms with Crippen molar-refractivity contribution in [3.8, 4) is 11.1 Å². The minimum Gasteiger partial charge on any atom is -0.463 e. The Hall–Kier alpha value is -3.47. The Labute approximate surface area is 230 Å². The number of carbonyl (C=O) groups excluding carboxylic acids is 1. The molecule has 3 aromatic rings. The summed E-state index contributed by atoms with van der Waals surface area (Å²) >= 11 is 0. The number of ether oxygens (including phenoxy) is 1. The van der Waals surface area contributed by atoms with E-state index >= 15 is 0 Å². The van der Waals surface area contributed by atoms with Gasteiger partial charge in [0.05, 0.1) is 6.61 Å². The molecule has 2 atom stereocenters. The summed E-state index contributed by atoms with van der Waals surface area (Å²) in [7, 11) is -1.12. The molecule has 0 radical (unpaired) electrons. The van der Waals surface area contributed by atoms with Gasteiger partial charge in [-0.15, -0.1) is 0 Å². The Kier molecular flexibility index (Phi) is 7.88. The Morgan fingerprint density at radius 3 is 2.69 bits per heavy atom. The molecule has 2 fully saturated rings. The van der Waals surface area contributed by atoms with Crippen molar-refractivity contribution < 1.29 is 18.1 Å². The zero-order valence-electron chi connectivity index (χ0n) is 22.7. The summed E-state index contributed by atoms with van der Waals surface area (Å²) in [5.41, 5.74) is 4.30. The summed E-state index contributed by atoms with van der Waals surface area (Å²) in [6.45, 7) is 9.38. The van der Waals surface area contributed by atoms with Gasteiger partial charge in [-0.3, -0.25) is 0 Å². The van der Waals surface area contributed by atoms with Crippen molar-refractivity contribution in [1.29, 1.82) is 0 Å². The number of aromatic nitrogens is 2. The van der Waals surface area contributed by atoms with E-state index in [1.54, 1.807) is 32.1 Å². The van der Waals surface area contributed by atoms with E-state index in [1.807, 2.05) is 30.5 Å². The molecule has 8 nitrogen and oxygen atoms in total.